The molecule has 2 aliphatic rings. The molecule has 3 aromatic carbocycles. The molecule has 6 nitrogen and oxygen atoms in total. The van der Waals surface area contributed by atoms with Crippen molar-refractivity contribution in [3.8, 4) is 11.3 Å². The third kappa shape index (κ3) is 4.58. The number of aromatic nitrogens is 1. The van der Waals surface area contributed by atoms with Gasteiger partial charge in [0, 0.05) is 40.9 Å². The summed E-state index contributed by atoms with van der Waals surface area (Å²) in [7, 11) is -3.98. The summed E-state index contributed by atoms with van der Waals surface area (Å²) in [4.78, 5) is 12.6. The summed E-state index contributed by atoms with van der Waals surface area (Å²) >= 11 is 6.34. The molecular weight excluding hydrogens is 565 g/mol. The molecule has 1 N–H and O–H groups in total. The number of nitrogens with zero attached hydrogens (tertiary/aromatic N) is 1. The fraction of sp³-hybridized carbons (Fsp3) is 0.241. The molecule has 2 fully saturated rings. The van der Waals surface area contributed by atoms with Crippen LogP contribution in [0.25, 0.3) is 11.3 Å². The number of hydrogen-bond acceptors (Lipinski definition) is 5. The van der Waals surface area contributed by atoms with Crippen LogP contribution in [0.2, 0.25) is 5.02 Å². The van der Waals surface area contributed by atoms with Gasteiger partial charge >= 0.3 is 0 Å². The van der Waals surface area contributed by atoms with Gasteiger partial charge in [-0.25, -0.2) is 21.6 Å². The van der Waals surface area contributed by atoms with Crippen molar-refractivity contribution < 1.29 is 30.9 Å². The molecule has 0 spiro atoms. The van der Waals surface area contributed by atoms with Crippen LogP contribution in [0.3, 0.4) is 0 Å². The van der Waals surface area contributed by atoms with Gasteiger partial charge in [0.1, 0.15) is 0 Å². The maximum Gasteiger partial charge on any atom is 0.255 e. The van der Waals surface area contributed by atoms with Gasteiger partial charge < -0.3 is 9.84 Å². The van der Waals surface area contributed by atoms with E-state index in [0.29, 0.717) is 36.4 Å². The number of nitrogens with one attached hydrogen (secondary N) is 1. The van der Waals surface area contributed by atoms with Gasteiger partial charge in [0.25, 0.3) is 5.91 Å². The van der Waals surface area contributed by atoms with Crippen molar-refractivity contribution in [1.82, 2.24) is 5.16 Å². The normalized spacial score (nSPS) is 22.0. The molecule has 1 heterocycles. The molecule has 0 saturated heterocycles. The summed E-state index contributed by atoms with van der Waals surface area (Å²) in [6.45, 7) is 0. The van der Waals surface area contributed by atoms with Gasteiger partial charge in [0.2, 0.25) is 0 Å². The monoisotopic (exact) mass is 586 g/mol. The Morgan fingerprint density at radius 1 is 0.975 bits per heavy atom. The van der Waals surface area contributed by atoms with E-state index in [-0.39, 0.29) is 38.9 Å². The molecule has 1 amide bonds. The van der Waals surface area contributed by atoms with Gasteiger partial charge in [0.15, 0.2) is 33.0 Å². The number of rotatable bonds is 6. The Kier molecular flexibility index (Phi) is 6.70. The number of hydrogen-bond donors (Lipinski definition) is 1. The van der Waals surface area contributed by atoms with Gasteiger partial charge in [0.05, 0.1) is 20.9 Å². The van der Waals surface area contributed by atoms with E-state index in [1.807, 2.05) is 36.4 Å². The van der Waals surface area contributed by atoms with Crippen LogP contribution in [0.5, 0.6) is 0 Å². The second-order valence-corrected chi connectivity index (χ2v) is 12.7. The van der Waals surface area contributed by atoms with Gasteiger partial charge in [-0.2, -0.15) is 0 Å². The highest BCUT2D eigenvalue weighted by atomic mass is 35.5. The summed E-state index contributed by atoms with van der Waals surface area (Å²) in [5.74, 6) is -5.24. The predicted molar refractivity (Wildman–Crippen MR) is 142 cm³/mol. The minimum absolute atomic E-state index is 0.0360. The zero-order valence-electron chi connectivity index (χ0n) is 20.8. The molecule has 0 aliphatic heterocycles. The maximum atomic E-state index is 14.0. The Morgan fingerprint density at radius 2 is 1.70 bits per heavy atom. The molecule has 4 atom stereocenters. The van der Waals surface area contributed by atoms with Crippen molar-refractivity contribution in [1.29, 1.82) is 0 Å². The van der Waals surface area contributed by atoms with Crippen molar-refractivity contribution in [3.05, 3.63) is 100 Å². The van der Waals surface area contributed by atoms with E-state index < -0.39 is 38.4 Å². The van der Waals surface area contributed by atoms with Crippen molar-refractivity contribution in [3.63, 3.8) is 0 Å². The van der Waals surface area contributed by atoms with Crippen LogP contribution in [0.15, 0.2) is 76.1 Å². The summed E-state index contributed by atoms with van der Waals surface area (Å²) in [6.07, 6.45) is 2.08. The zero-order valence-corrected chi connectivity index (χ0v) is 22.4. The molecule has 4 aromatic rings. The molecule has 206 valence electrons. The van der Waals surface area contributed by atoms with Crippen LogP contribution >= 0.6 is 11.6 Å². The lowest BCUT2D eigenvalue weighted by Crippen LogP contribution is -2.27. The Bertz CT molecular complexity index is 1710. The molecule has 2 aliphatic carbocycles. The minimum Gasteiger partial charge on any atom is -0.356 e. The van der Waals surface area contributed by atoms with Crippen LogP contribution in [0.4, 0.5) is 18.9 Å². The molecule has 11 heteroatoms. The Balaban J connectivity index is 1.26. The van der Waals surface area contributed by atoms with E-state index in [2.05, 4.69) is 10.5 Å². The summed E-state index contributed by atoms with van der Waals surface area (Å²) in [5, 5.41) is 5.78. The molecular formula is C29H22ClF3N2O4S. The molecule has 2 unspecified atom stereocenters. The van der Waals surface area contributed by atoms with E-state index in [0.717, 1.165) is 12.0 Å². The highest BCUT2D eigenvalue weighted by Gasteiger charge is 2.55. The van der Waals surface area contributed by atoms with Crippen LogP contribution in [-0.4, -0.2) is 24.7 Å². The van der Waals surface area contributed by atoms with E-state index in [1.165, 1.54) is 18.2 Å². The number of carbonyl (C=O) groups excluding carboxylic acids is 1. The van der Waals surface area contributed by atoms with Crippen LogP contribution < -0.4 is 5.32 Å². The lowest BCUT2D eigenvalue weighted by molar-refractivity contribution is 0.102. The van der Waals surface area contributed by atoms with Crippen molar-refractivity contribution in [2.45, 2.75) is 35.3 Å². The molecule has 2 saturated carbocycles. The van der Waals surface area contributed by atoms with E-state index >= 15 is 0 Å². The van der Waals surface area contributed by atoms with Crippen molar-refractivity contribution in [2.24, 2.45) is 11.8 Å². The lowest BCUT2D eigenvalue weighted by atomic mass is 9.86. The Morgan fingerprint density at radius 3 is 2.42 bits per heavy atom. The average molecular weight is 587 g/mol. The quantitative estimate of drug-likeness (QED) is 0.245. The number of fused-ring (bicyclic) bond motifs is 2. The first-order valence-electron chi connectivity index (χ1n) is 12.6. The first-order valence-corrected chi connectivity index (χ1v) is 14.6. The number of benzene rings is 3. The smallest absolute Gasteiger partial charge is 0.255 e. The second kappa shape index (κ2) is 10.1. The highest BCUT2D eigenvalue weighted by molar-refractivity contribution is 7.92. The van der Waals surface area contributed by atoms with Crippen LogP contribution in [-0.2, 0) is 9.84 Å². The number of carbonyl (C=O) groups is 1. The number of anilines is 1. The maximum absolute atomic E-state index is 14.0. The molecule has 1 aromatic heterocycles. The number of halogens is 4. The first kappa shape index (κ1) is 26.6. The molecule has 6 rings (SSSR count). The van der Waals surface area contributed by atoms with Crippen molar-refractivity contribution in [2.75, 3.05) is 5.32 Å². The zero-order chi connectivity index (χ0) is 28.2. The largest absolute Gasteiger partial charge is 0.356 e. The number of amides is 1. The number of sulfone groups is 1. The standard InChI is InChI=1S/C29H22ClF3N2O4S/c30-21-9-7-17(29(36)34-18-12-22(31)27(33)23(32)13-18)11-26(21)40(37,38)28-16-6-8-19(28)20(10-16)24-14-25(39-35-24)15-4-2-1-3-5-15/h1-5,7,9,11-14,16,19-20,28H,6,8,10H2,(H,34,36)/t16?,19?,20-,28+/m0/s1. The van der Waals surface area contributed by atoms with Crippen LogP contribution in [0.1, 0.15) is 41.2 Å². The van der Waals surface area contributed by atoms with Gasteiger partial charge in [-0.15, -0.1) is 0 Å². The third-order valence-corrected chi connectivity index (χ3v) is 10.7. The topological polar surface area (TPSA) is 89.3 Å². The molecule has 40 heavy (non-hydrogen) atoms. The second-order valence-electron chi connectivity index (χ2n) is 10.2. The lowest BCUT2D eigenvalue weighted by Gasteiger charge is -2.21. The van der Waals surface area contributed by atoms with E-state index in [4.69, 9.17) is 16.1 Å². The van der Waals surface area contributed by atoms with Gasteiger partial charge in [-0.3, -0.25) is 4.79 Å². The Hall–Kier alpha value is -3.63. The van der Waals surface area contributed by atoms with Crippen molar-refractivity contribution >= 4 is 33.0 Å². The van der Waals surface area contributed by atoms with Gasteiger partial charge in [-0.05, 0) is 49.3 Å². The fourth-order valence-corrected chi connectivity index (χ4v) is 9.04. The summed E-state index contributed by atoms with van der Waals surface area (Å²) in [5.41, 5.74) is 1.18. The van der Waals surface area contributed by atoms with E-state index in [1.54, 1.807) is 0 Å². The average Bonchev–Trinajstić information content (AvgIpc) is 3.68. The minimum atomic E-state index is -3.98. The van der Waals surface area contributed by atoms with E-state index in [9.17, 15) is 26.4 Å². The molecule has 0 radical (unpaired) electrons. The SMILES string of the molecule is O=C(Nc1cc(F)c(F)c(F)c1)c1ccc(Cl)c(S(=O)(=O)[C@@H]2C3CCC2[C@@H](c2cc(-c4ccccc4)on2)C3)c1. The first-order chi connectivity index (χ1) is 19.1. The molecule has 2 bridgehead atoms. The summed E-state index contributed by atoms with van der Waals surface area (Å²) < 4.78 is 74.0. The summed E-state index contributed by atoms with van der Waals surface area (Å²) in [6, 6.07) is 16.4. The fourth-order valence-electron chi connectivity index (χ4n) is 6.13. The highest BCUT2D eigenvalue weighted by Crippen LogP contribution is 2.57. The van der Waals surface area contributed by atoms with Crippen LogP contribution in [0, 0.1) is 29.3 Å². The predicted octanol–water partition coefficient (Wildman–Crippen LogP) is 7.02. The van der Waals surface area contributed by atoms with Gasteiger partial charge in [-0.1, -0.05) is 47.1 Å². The third-order valence-electron chi connectivity index (χ3n) is 7.90. The Labute approximate surface area is 233 Å².